The Morgan fingerprint density at radius 1 is 1.35 bits per heavy atom. The minimum Gasteiger partial charge on any atom is -0.550 e. The molecule has 17 heavy (non-hydrogen) atoms. The standard InChI is InChI=1S/C5H7N3.C5H8O4/c6-4-2-1-3-8-5(4)7;6-4(7)2-1-3-5(8)9/h1-3H,6H2,(H2,7,8);1-3H2,(H,6,7)(H,8,9). The molecule has 0 aromatic carbocycles. The Balaban J connectivity index is 0.000000302. The van der Waals surface area contributed by atoms with Gasteiger partial charge in [-0.05, 0) is 25.0 Å². The maximum Gasteiger partial charge on any atom is 0.303 e. The van der Waals surface area contributed by atoms with Crippen LogP contribution in [0.15, 0.2) is 18.3 Å². The van der Waals surface area contributed by atoms with Crippen LogP contribution >= 0.6 is 0 Å². The third-order valence-electron chi connectivity index (χ3n) is 1.69. The molecular formula is C10H15N3O4. The minimum atomic E-state index is -1.20. The number of hydrogen-bond donors (Lipinski definition) is 3. The van der Waals surface area contributed by atoms with Crippen molar-refractivity contribution in [2.24, 2.45) is 0 Å². The van der Waals surface area contributed by atoms with Gasteiger partial charge in [-0.25, -0.2) is 4.98 Å². The maximum absolute atomic E-state index is 9.77. The summed E-state index contributed by atoms with van der Waals surface area (Å²) in [7, 11) is 0. The molecule has 0 bridgehead atoms. The van der Waals surface area contributed by atoms with E-state index in [1.54, 1.807) is 18.3 Å². The van der Waals surface area contributed by atoms with E-state index < -0.39 is 11.9 Å². The van der Waals surface area contributed by atoms with E-state index in [1.165, 1.54) is 0 Å². The lowest BCUT2D eigenvalue weighted by molar-refractivity contribution is -0.359. The molecule has 94 valence electrons. The second-order valence-electron chi connectivity index (χ2n) is 3.16. The molecule has 0 aliphatic rings. The highest BCUT2D eigenvalue weighted by molar-refractivity contribution is 5.68. The molecule has 0 radical (unpaired) electrons. The molecule has 7 heteroatoms. The van der Waals surface area contributed by atoms with Crippen LogP contribution in [-0.4, -0.2) is 17.0 Å². The minimum absolute atomic E-state index is 0.103. The van der Waals surface area contributed by atoms with Gasteiger partial charge < -0.3 is 20.7 Å². The van der Waals surface area contributed by atoms with Gasteiger partial charge in [0.25, 0.3) is 5.82 Å². The number of H-pyrrole nitrogens is 1. The fourth-order valence-corrected chi connectivity index (χ4v) is 0.847. The number of rotatable bonds is 4. The summed E-state index contributed by atoms with van der Waals surface area (Å²) < 4.78 is 0. The Hall–Kier alpha value is -2.31. The zero-order valence-corrected chi connectivity index (χ0v) is 9.18. The van der Waals surface area contributed by atoms with E-state index >= 15 is 0 Å². The molecule has 6 N–H and O–H groups in total. The van der Waals surface area contributed by atoms with Crippen LogP contribution in [0.3, 0.4) is 0 Å². The van der Waals surface area contributed by atoms with Gasteiger partial charge >= 0.3 is 5.97 Å². The lowest BCUT2D eigenvalue weighted by Gasteiger charge is -1.96. The number of nitrogens with two attached hydrogens (primary N) is 2. The largest absolute Gasteiger partial charge is 0.550 e. The average Bonchev–Trinajstić information content (AvgIpc) is 2.22. The van der Waals surface area contributed by atoms with E-state index in [0.29, 0.717) is 11.5 Å². The van der Waals surface area contributed by atoms with E-state index in [2.05, 4.69) is 4.98 Å². The second-order valence-corrected chi connectivity index (χ2v) is 3.16. The second kappa shape index (κ2) is 7.91. The van der Waals surface area contributed by atoms with Crippen LogP contribution in [-0.2, 0) is 9.59 Å². The zero-order chi connectivity index (χ0) is 13.3. The molecule has 0 amide bonds. The Labute approximate surface area is 98.1 Å². The molecule has 0 saturated carbocycles. The van der Waals surface area contributed by atoms with Gasteiger partial charge in [-0.2, -0.15) is 0 Å². The molecule has 0 aliphatic heterocycles. The number of carboxylic acids is 2. The van der Waals surface area contributed by atoms with E-state index in [4.69, 9.17) is 16.6 Å². The average molecular weight is 241 g/mol. The lowest BCUT2D eigenvalue weighted by Crippen LogP contribution is -2.21. The SMILES string of the molecule is Nc1ccc[nH+]c1N.O=C([O-])CCCC(=O)O. The van der Waals surface area contributed by atoms with E-state index in [1.807, 2.05) is 0 Å². The zero-order valence-electron chi connectivity index (χ0n) is 9.18. The first-order valence-electron chi connectivity index (χ1n) is 4.86. The Bertz CT molecular complexity index is 347. The molecule has 1 aromatic heterocycles. The highest BCUT2D eigenvalue weighted by Crippen LogP contribution is 2.02. The summed E-state index contributed by atoms with van der Waals surface area (Å²) in [6.45, 7) is 0. The smallest absolute Gasteiger partial charge is 0.303 e. The molecular weight excluding hydrogens is 226 g/mol. The molecule has 0 spiro atoms. The number of carbonyl (C=O) groups excluding carboxylic acids is 1. The van der Waals surface area contributed by atoms with Gasteiger partial charge in [0.05, 0.1) is 6.20 Å². The van der Waals surface area contributed by atoms with Crippen molar-refractivity contribution in [1.82, 2.24) is 0 Å². The number of hydrogen-bond acceptors (Lipinski definition) is 5. The summed E-state index contributed by atoms with van der Waals surface area (Å²) in [5.41, 5.74) is 11.3. The number of aromatic amines is 1. The van der Waals surface area contributed by atoms with Crippen molar-refractivity contribution in [1.29, 1.82) is 0 Å². The molecule has 1 heterocycles. The number of carboxylic acid groups (broad SMARTS) is 2. The number of aliphatic carboxylic acids is 2. The predicted molar refractivity (Wildman–Crippen MR) is 58.3 cm³/mol. The van der Waals surface area contributed by atoms with Gasteiger partial charge in [0.1, 0.15) is 5.69 Å². The lowest BCUT2D eigenvalue weighted by atomic mass is 10.2. The number of anilines is 2. The fraction of sp³-hybridized carbons (Fsp3) is 0.300. The van der Waals surface area contributed by atoms with Crippen LogP contribution in [0, 0.1) is 0 Å². The van der Waals surface area contributed by atoms with Gasteiger partial charge in [0.2, 0.25) is 0 Å². The summed E-state index contributed by atoms with van der Waals surface area (Å²) in [4.78, 5) is 22.2. The molecule has 1 aromatic rings. The van der Waals surface area contributed by atoms with Gasteiger partial charge in [0, 0.05) is 12.4 Å². The molecule has 0 fully saturated rings. The Morgan fingerprint density at radius 3 is 2.35 bits per heavy atom. The number of aromatic nitrogens is 1. The fourth-order valence-electron chi connectivity index (χ4n) is 0.847. The van der Waals surface area contributed by atoms with Gasteiger partial charge in [-0.1, -0.05) is 0 Å². The van der Waals surface area contributed by atoms with Crippen molar-refractivity contribution in [3.63, 3.8) is 0 Å². The summed E-state index contributed by atoms with van der Waals surface area (Å²) >= 11 is 0. The highest BCUT2D eigenvalue weighted by atomic mass is 16.4. The normalized spacial score (nSPS) is 8.94. The summed E-state index contributed by atoms with van der Waals surface area (Å²) in [5.74, 6) is -1.65. The number of nitrogen functional groups attached to an aromatic ring is 2. The third-order valence-corrected chi connectivity index (χ3v) is 1.69. The van der Waals surface area contributed by atoms with E-state index in [-0.39, 0.29) is 19.3 Å². The molecule has 0 saturated heterocycles. The summed E-state index contributed by atoms with van der Waals surface area (Å²) in [5, 5.41) is 17.7. The molecule has 1 rings (SSSR count). The first-order valence-corrected chi connectivity index (χ1v) is 4.86. The molecule has 0 aliphatic carbocycles. The van der Waals surface area contributed by atoms with Crippen LogP contribution < -0.4 is 21.6 Å². The van der Waals surface area contributed by atoms with Gasteiger partial charge in [-0.15, -0.1) is 0 Å². The van der Waals surface area contributed by atoms with Crippen LogP contribution in [0.2, 0.25) is 0 Å². The number of carbonyl (C=O) groups is 2. The van der Waals surface area contributed by atoms with Gasteiger partial charge in [0.15, 0.2) is 0 Å². The van der Waals surface area contributed by atoms with Crippen molar-refractivity contribution in [2.45, 2.75) is 19.3 Å². The van der Waals surface area contributed by atoms with Crippen molar-refractivity contribution in [3.8, 4) is 0 Å². The predicted octanol–water partition coefficient (Wildman–Crippen LogP) is -1.34. The van der Waals surface area contributed by atoms with Crippen molar-refractivity contribution >= 4 is 23.4 Å². The van der Waals surface area contributed by atoms with E-state index in [0.717, 1.165) is 0 Å². The number of nitrogens with one attached hydrogen (secondary N) is 1. The van der Waals surface area contributed by atoms with Crippen molar-refractivity contribution < 1.29 is 24.8 Å². The Morgan fingerprint density at radius 2 is 2.00 bits per heavy atom. The first-order chi connectivity index (χ1) is 7.93. The monoisotopic (exact) mass is 241 g/mol. The van der Waals surface area contributed by atoms with Crippen LogP contribution in [0.5, 0.6) is 0 Å². The topological polar surface area (TPSA) is 144 Å². The summed E-state index contributed by atoms with van der Waals surface area (Å²) in [6.07, 6.45) is 1.60. The van der Waals surface area contributed by atoms with Gasteiger partial charge in [-0.3, -0.25) is 10.5 Å². The van der Waals surface area contributed by atoms with Crippen molar-refractivity contribution in [3.05, 3.63) is 18.3 Å². The molecule has 0 unspecified atom stereocenters. The highest BCUT2D eigenvalue weighted by Gasteiger charge is 1.95. The molecule has 7 nitrogen and oxygen atoms in total. The van der Waals surface area contributed by atoms with Crippen LogP contribution in [0.4, 0.5) is 11.5 Å². The molecule has 0 atom stereocenters. The quantitative estimate of drug-likeness (QED) is 0.594. The van der Waals surface area contributed by atoms with Crippen LogP contribution in [0.25, 0.3) is 0 Å². The third kappa shape index (κ3) is 8.67. The summed E-state index contributed by atoms with van der Waals surface area (Å²) in [6, 6.07) is 3.54. The van der Waals surface area contributed by atoms with Crippen molar-refractivity contribution in [2.75, 3.05) is 11.5 Å². The van der Waals surface area contributed by atoms with E-state index in [9.17, 15) is 14.7 Å². The Kier molecular flexibility index (Phi) is 6.84. The van der Waals surface area contributed by atoms with Crippen LogP contribution in [0.1, 0.15) is 19.3 Å². The number of pyridine rings is 1. The maximum atomic E-state index is 9.77. The first kappa shape index (κ1) is 14.7.